The molecule has 1 unspecified atom stereocenters. The summed E-state index contributed by atoms with van der Waals surface area (Å²) in [5.74, 6) is 0.157. The number of halogens is 3. The van der Waals surface area contributed by atoms with E-state index in [1.165, 1.54) is 24.1 Å². The molecule has 13 heteroatoms. The lowest BCUT2D eigenvalue weighted by Crippen LogP contribution is -2.43. The number of aliphatic imine (C=N–C) groups is 1. The monoisotopic (exact) mass is 503 g/mol. The van der Waals surface area contributed by atoms with E-state index in [4.69, 9.17) is 5.26 Å². The number of pyridine rings is 2. The molecule has 0 aliphatic carbocycles. The molecule has 0 bridgehead atoms. The van der Waals surface area contributed by atoms with Crippen molar-refractivity contribution >= 4 is 21.5 Å². The molecule has 1 atom stereocenters. The molecular formula is C22H20F3N7O2S. The Kier molecular flexibility index (Phi) is 6.02. The predicted octanol–water partition coefficient (Wildman–Crippen LogP) is 2.80. The number of fused-ring (bicyclic) bond motifs is 1. The summed E-state index contributed by atoms with van der Waals surface area (Å²) in [5, 5.41) is 14.6. The fourth-order valence-corrected chi connectivity index (χ4v) is 4.74. The molecule has 0 amide bonds. The van der Waals surface area contributed by atoms with E-state index >= 15 is 0 Å². The number of sulfone groups is 1. The third-order valence-electron chi connectivity index (χ3n) is 5.58. The zero-order valence-corrected chi connectivity index (χ0v) is 19.7. The van der Waals surface area contributed by atoms with Crippen LogP contribution in [0.5, 0.6) is 0 Å². The molecule has 35 heavy (non-hydrogen) atoms. The van der Waals surface area contributed by atoms with Gasteiger partial charge >= 0.3 is 6.18 Å². The van der Waals surface area contributed by atoms with Gasteiger partial charge in [-0.2, -0.15) is 18.4 Å². The van der Waals surface area contributed by atoms with E-state index in [1.807, 2.05) is 6.07 Å². The zero-order valence-electron chi connectivity index (χ0n) is 18.8. The van der Waals surface area contributed by atoms with E-state index in [9.17, 15) is 21.6 Å². The molecule has 0 radical (unpaired) electrons. The molecule has 2 aromatic rings. The minimum absolute atomic E-state index is 0.00162. The molecular weight excluding hydrogens is 483 g/mol. The van der Waals surface area contributed by atoms with E-state index in [1.54, 1.807) is 26.2 Å². The lowest BCUT2D eigenvalue weighted by atomic mass is 10.1. The van der Waals surface area contributed by atoms with Gasteiger partial charge in [-0.05, 0) is 24.3 Å². The van der Waals surface area contributed by atoms with Gasteiger partial charge in [0.1, 0.15) is 23.7 Å². The minimum Gasteiger partial charge on any atom is -0.373 e. The number of aromatic nitrogens is 2. The molecule has 0 spiro atoms. The van der Waals surface area contributed by atoms with Crippen molar-refractivity contribution in [1.29, 1.82) is 5.26 Å². The molecule has 4 rings (SSSR count). The summed E-state index contributed by atoms with van der Waals surface area (Å²) in [6.07, 6.45) is -2.13. The molecule has 0 fully saturated rings. The number of rotatable bonds is 5. The maximum absolute atomic E-state index is 13.2. The molecule has 2 aromatic heterocycles. The minimum atomic E-state index is -4.56. The highest BCUT2D eigenvalue weighted by Crippen LogP contribution is 2.36. The van der Waals surface area contributed by atoms with Crippen LogP contribution in [0.2, 0.25) is 0 Å². The Labute approximate surface area is 199 Å². The zero-order chi connectivity index (χ0) is 25.5. The fourth-order valence-electron chi connectivity index (χ4n) is 3.70. The second-order valence-corrected chi connectivity index (χ2v) is 9.96. The quantitative estimate of drug-likeness (QED) is 0.639. The predicted molar refractivity (Wildman–Crippen MR) is 123 cm³/mol. The van der Waals surface area contributed by atoms with E-state index in [2.05, 4.69) is 25.6 Å². The average Bonchev–Trinajstić information content (AvgIpc) is 3.18. The third kappa shape index (κ3) is 4.32. The van der Waals surface area contributed by atoms with Crippen molar-refractivity contribution in [3.05, 3.63) is 59.2 Å². The standard InChI is InChI=1S/C22H20F3N7O2S/c1-4-35(33,34)17-8-14(15-6-5-12(9-26)10-28-15)19(27-2)31-18(17)21-30-16-7-13(22(23,24)25)11-29-20(16)32(21)3/h5-8,10-11,20,29H,4H2,1-3H3,(H,27,31). The Balaban J connectivity index is 1.91. The Morgan fingerprint density at radius 2 is 2.06 bits per heavy atom. The van der Waals surface area contributed by atoms with Crippen LogP contribution in [-0.2, 0) is 9.84 Å². The summed E-state index contributed by atoms with van der Waals surface area (Å²) >= 11 is 0. The number of alkyl halides is 3. The van der Waals surface area contributed by atoms with Gasteiger partial charge in [0.2, 0.25) is 0 Å². The number of dihydropyridines is 1. The van der Waals surface area contributed by atoms with Crippen molar-refractivity contribution < 1.29 is 21.6 Å². The van der Waals surface area contributed by atoms with Crippen LogP contribution in [0.15, 0.2) is 57.8 Å². The molecule has 2 aliphatic rings. The summed E-state index contributed by atoms with van der Waals surface area (Å²) in [5.41, 5.74) is 0.297. The van der Waals surface area contributed by atoms with E-state index in [0.717, 1.165) is 12.3 Å². The van der Waals surface area contributed by atoms with Crippen molar-refractivity contribution in [3.63, 3.8) is 0 Å². The van der Waals surface area contributed by atoms with Crippen LogP contribution < -0.4 is 10.6 Å². The summed E-state index contributed by atoms with van der Waals surface area (Å²) in [4.78, 5) is 14.5. The van der Waals surface area contributed by atoms with Crippen molar-refractivity contribution in [1.82, 2.24) is 20.2 Å². The second kappa shape index (κ2) is 8.70. The Bertz CT molecular complexity index is 1420. The molecule has 0 aromatic carbocycles. The van der Waals surface area contributed by atoms with Gasteiger partial charge in [0.25, 0.3) is 0 Å². The van der Waals surface area contributed by atoms with Gasteiger partial charge in [-0.1, -0.05) is 6.92 Å². The maximum Gasteiger partial charge on any atom is 0.417 e. The van der Waals surface area contributed by atoms with Crippen LogP contribution in [0.3, 0.4) is 0 Å². The molecule has 182 valence electrons. The van der Waals surface area contributed by atoms with Crippen molar-refractivity contribution in [2.75, 3.05) is 25.2 Å². The van der Waals surface area contributed by atoms with Crippen molar-refractivity contribution in [2.24, 2.45) is 4.99 Å². The number of anilines is 1. The molecule has 0 saturated heterocycles. The lowest BCUT2D eigenvalue weighted by Gasteiger charge is -2.27. The van der Waals surface area contributed by atoms with Crippen molar-refractivity contribution in [3.8, 4) is 17.3 Å². The smallest absolute Gasteiger partial charge is 0.373 e. The highest BCUT2D eigenvalue weighted by Gasteiger charge is 2.40. The first kappa shape index (κ1) is 24.2. The Hall–Kier alpha value is -3.92. The third-order valence-corrected chi connectivity index (χ3v) is 7.33. The largest absolute Gasteiger partial charge is 0.417 e. The van der Waals surface area contributed by atoms with Gasteiger partial charge in [0.05, 0.1) is 33.2 Å². The molecule has 2 N–H and O–H groups in total. The van der Waals surface area contributed by atoms with Gasteiger partial charge in [-0.3, -0.25) is 4.98 Å². The molecule has 0 saturated carbocycles. The molecule has 9 nitrogen and oxygen atoms in total. The van der Waals surface area contributed by atoms with Gasteiger partial charge < -0.3 is 15.5 Å². The van der Waals surface area contributed by atoms with Gasteiger partial charge in [0, 0.05) is 32.1 Å². The first-order valence-electron chi connectivity index (χ1n) is 10.4. The molecule has 2 aliphatic heterocycles. The van der Waals surface area contributed by atoms with Crippen LogP contribution in [-0.4, -0.2) is 61.3 Å². The number of nitrogens with zero attached hydrogens (tertiary/aromatic N) is 5. The summed E-state index contributed by atoms with van der Waals surface area (Å²) in [6.45, 7) is 1.48. The van der Waals surface area contributed by atoms with Crippen LogP contribution in [0, 0.1) is 11.3 Å². The lowest BCUT2D eigenvalue weighted by molar-refractivity contribution is -0.0890. The SMILES string of the molecule is CCS(=O)(=O)c1cc(-c2ccc(C#N)cn2)c(NC)nc1C1=NC2=CC(C(F)(F)F)=CNC2N1C. The van der Waals surface area contributed by atoms with E-state index < -0.39 is 27.8 Å². The second-order valence-electron chi connectivity index (χ2n) is 7.71. The van der Waals surface area contributed by atoms with Crippen LogP contribution in [0.1, 0.15) is 18.2 Å². The van der Waals surface area contributed by atoms with E-state index in [-0.39, 0.29) is 33.7 Å². The first-order valence-corrected chi connectivity index (χ1v) is 12.0. The summed E-state index contributed by atoms with van der Waals surface area (Å²) in [7, 11) is -0.655. The number of hydrogen-bond donors (Lipinski definition) is 2. The first-order chi connectivity index (χ1) is 16.5. The Morgan fingerprint density at radius 1 is 1.31 bits per heavy atom. The van der Waals surface area contributed by atoms with Gasteiger partial charge in [-0.25, -0.2) is 18.4 Å². The van der Waals surface area contributed by atoms with Crippen LogP contribution in [0.25, 0.3) is 11.3 Å². The number of nitriles is 1. The Morgan fingerprint density at radius 3 is 2.63 bits per heavy atom. The number of hydrogen-bond acceptors (Lipinski definition) is 9. The molecule has 4 heterocycles. The van der Waals surface area contributed by atoms with Crippen LogP contribution >= 0.6 is 0 Å². The summed E-state index contributed by atoms with van der Waals surface area (Å²) in [6, 6.07) is 6.51. The highest BCUT2D eigenvalue weighted by atomic mass is 32.2. The van der Waals surface area contributed by atoms with Crippen LogP contribution in [0.4, 0.5) is 19.0 Å². The number of amidine groups is 1. The average molecular weight is 504 g/mol. The number of allylic oxidation sites excluding steroid dienone is 2. The number of nitrogens with one attached hydrogen (secondary N) is 2. The summed E-state index contributed by atoms with van der Waals surface area (Å²) < 4.78 is 65.7. The van der Waals surface area contributed by atoms with Gasteiger partial charge in [-0.15, -0.1) is 0 Å². The topological polar surface area (TPSA) is 123 Å². The van der Waals surface area contributed by atoms with Gasteiger partial charge in [0.15, 0.2) is 15.7 Å². The normalized spacial score (nSPS) is 17.6. The number of likely N-dealkylation sites (N-methyl/N-ethyl adjacent to an activating group) is 1. The fraction of sp³-hybridized carbons (Fsp3) is 0.273. The maximum atomic E-state index is 13.2. The van der Waals surface area contributed by atoms with E-state index in [0.29, 0.717) is 16.8 Å². The highest BCUT2D eigenvalue weighted by molar-refractivity contribution is 7.91. The van der Waals surface area contributed by atoms with Crippen molar-refractivity contribution in [2.45, 2.75) is 24.2 Å².